The normalized spacial score (nSPS) is 17.3. The molecule has 0 saturated carbocycles. The van der Waals surface area contributed by atoms with Gasteiger partial charge in [-0.2, -0.15) is 16.3 Å². The number of thiophene rings is 1. The Morgan fingerprint density at radius 3 is 3.12 bits per heavy atom. The fourth-order valence-electron chi connectivity index (χ4n) is 2.96. The van der Waals surface area contributed by atoms with Gasteiger partial charge in [-0.15, -0.1) is 0 Å². The Bertz CT molecular complexity index is 816. The maximum Gasteiger partial charge on any atom is 0.249 e. The Balaban J connectivity index is 1.53. The van der Waals surface area contributed by atoms with Crippen LogP contribution in [-0.4, -0.2) is 32.5 Å². The van der Waals surface area contributed by atoms with Crippen LogP contribution in [0, 0.1) is 0 Å². The van der Waals surface area contributed by atoms with Gasteiger partial charge in [0.25, 0.3) is 0 Å². The lowest BCUT2D eigenvalue weighted by Crippen LogP contribution is -2.31. The maximum absolute atomic E-state index is 12.6. The quantitative estimate of drug-likeness (QED) is 0.730. The minimum absolute atomic E-state index is 0.105. The number of likely N-dealkylation sites (tertiary alicyclic amines) is 1. The van der Waals surface area contributed by atoms with E-state index >= 15 is 0 Å². The van der Waals surface area contributed by atoms with Gasteiger partial charge >= 0.3 is 0 Å². The first-order valence-corrected chi connectivity index (χ1v) is 8.81. The van der Waals surface area contributed by atoms with Gasteiger partial charge in [0, 0.05) is 12.7 Å². The molecule has 24 heavy (non-hydrogen) atoms. The fraction of sp³-hybridized carbons (Fsp3) is 0.294. The summed E-state index contributed by atoms with van der Waals surface area (Å²) in [5.41, 5.74) is 1.72. The number of hydrogen-bond acceptors (Lipinski definition) is 6. The molecular weight excluding hydrogens is 324 g/mol. The summed E-state index contributed by atoms with van der Waals surface area (Å²) in [5, 5.41) is 8.01. The summed E-state index contributed by atoms with van der Waals surface area (Å²) >= 11 is 1.60. The molecule has 4 heterocycles. The van der Waals surface area contributed by atoms with Crippen molar-refractivity contribution in [2.24, 2.45) is 0 Å². The number of rotatable bonds is 4. The summed E-state index contributed by atoms with van der Waals surface area (Å²) in [7, 11) is 0. The summed E-state index contributed by atoms with van der Waals surface area (Å²) in [6.45, 7) is 0.731. The van der Waals surface area contributed by atoms with Crippen molar-refractivity contribution in [3.63, 3.8) is 0 Å². The van der Waals surface area contributed by atoms with Gasteiger partial charge in [0.05, 0.1) is 6.42 Å². The van der Waals surface area contributed by atoms with Gasteiger partial charge in [-0.25, -0.2) is 0 Å². The molecule has 1 amide bonds. The predicted octanol–water partition coefficient (Wildman–Crippen LogP) is 3.10. The minimum atomic E-state index is -0.138. The molecule has 122 valence electrons. The highest BCUT2D eigenvalue weighted by Gasteiger charge is 2.34. The topological polar surface area (TPSA) is 72.1 Å². The third-order valence-corrected chi connectivity index (χ3v) is 4.86. The molecule has 0 aliphatic carbocycles. The van der Waals surface area contributed by atoms with E-state index in [2.05, 4.69) is 15.1 Å². The first-order chi connectivity index (χ1) is 11.8. The van der Waals surface area contributed by atoms with Crippen LogP contribution in [-0.2, 0) is 11.2 Å². The molecule has 7 heteroatoms. The zero-order valence-corrected chi connectivity index (χ0v) is 13.8. The van der Waals surface area contributed by atoms with E-state index in [0.717, 1.165) is 24.9 Å². The molecule has 0 spiro atoms. The van der Waals surface area contributed by atoms with Gasteiger partial charge in [-0.1, -0.05) is 11.2 Å². The van der Waals surface area contributed by atoms with Crippen molar-refractivity contribution < 1.29 is 9.32 Å². The third kappa shape index (κ3) is 2.94. The van der Waals surface area contributed by atoms with Gasteiger partial charge in [-0.05, 0) is 47.4 Å². The van der Waals surface area contributed by atoms with Crippen LogP contribution >= 0.6 is 11.3 Å². The Kier molecular flexibility index (Phi) is 4.08. The first kappa shape index (κ1) is 15.0. The summed E-state index contributed by atoms with van der Waals surface area (Å²) < 4.78 is 5.43. The van der Waals surface area contributed by atoms with E-state index in [-0.39, 0.29) is 11.9 Å². The lowest BCUT2D eigenvalue weighted by molar-refractivity contribution is -0.131. The van der Waals surface area contributed by atoms with Crippen LogP contribution in [0.25, 0.3) is 11.5 Å². The molecule has 6 nitrogen and oxygen atoms in total. The van der Waals surface area contributed by atoms with Crippen molar-refractivity contribution in [1.82, 2.24) is 20.0 Å². The van der Waals surface area contributed by atoms with E-state index in [1.807, 2.05) is 39.9 Å². The van der Waals surface area contributed by atoms with E-state index in [0.29, 0.717) is 23.8 Å². The van der Waals surface area contributed by atoms with Gasteiger partial charge in [0.1, 0.15) is 11.7 Å². The Labute approximate surface area is 143 Å². The zero-order valence-electron chi connectivity index (χ0n) is 13.0. The smallest absolute Gasteiger partial charge is 0.249 e. The number of carbonyl (C=O) groups excluding carboxylic acids is 1. The lowest BCUT2D eigenvalue weighted by Gasteiger charge is -2.21. The maximum atomic E-state index is 12.6. The summed E-state index contributed by atoms with van der Waals surface area (Å²) in [5.74, 6) is 1.06. The number of aromatic nitrogens is 3. The Morgan fingerprint density at radius 1 is 1.38 bits per heavy atom. The van der Waals surface area contributed by atoms with Crippen molar-refractivity contribution in [3.05, 3.63) is 52.7 Å². The SMILES string of the molecule is O=C(Cc1ccsc1)N1CCCC1c1nc(-c2ccccn2)no1. The van der Waals surface area contributed by atoms with Crippen LogP contribution < -0.4 is 0 Å². The van der Waals surface area contributed by atoms with E-state index < -0.39 is 0 Å². The monoisotopic (exact) mass is 340 g/mol. The van der Waals surface area contributed by atoms with Crippen LogP contribution in [0.2, 0.25) is 0 Å². The highest BCUT2D eigenvalue weighted by atomic mass is 32.1. The van der Waals surface area contributed by atoms with Crippen LogP contribution in [0.5, 0.6) is 0 Å². The number of hydrogen-bond donors (Lipinski definition) is 0. The molecule has 1 fully saturated rings. The Morgan fingerprint density at radius 2 is 2.33 bits per heavy atom. The number of nitrogens with zero attached hydrogens (tertiary/aromatic N) is 4. The van der Waals surface area contributed by atoms with Crippen LogP contribution in [0.1, 0.15) is 30.3 Å². The molecule has 0 N–H and O–H groups in total. The lowest BCUT2D eigenvalue weighted by atomic mass is 10.2. The number of pyridine rings is 1. The van der Waals surface area contributed by atoms with Gasteiger partial charge in [0.2, 0.25) is 17.6 Å². The average Bonchev–Trinajstić information content (AvgIpc) is 3.36. The second-order valence-electron chi connectivity index (χ2n) is 5.72. The molecule has 3 aromatic heterocycles. The second-order valence-corrected chi connectivity index (χ2v) is 6.50. The summed E-state index contributed by atoms with van der Waals surface area (Å²) in [6, 6.07) is 7.40. The van der Waals surface area contributed by atoms with Crippen molar-refractivity contribution in [1.29, 1.82) is 0 Å². The van der Waals surface area contributed by atoms with Gasteiger partial charge in [0.15, 0.2) is 0 Å². The highest BCUT2D eigenvalue weighted by Crippen LogP contribution is 2.32. The molecule has 0 aromatic carbocycles. The number of carbonyl (C=O) groups is 1. The largest absolute Gasteiger partial charge is 0.337 e. The first-order valence-electron chi connectivity index (χ1n) is 7.87. The fourth-order valence-corrected chi connectivity index (χ4v) is 3.63. The predicted molar refractivity (Wildman–Crippen MR) is 89.2 cm³/mol. The number of amides is 1. The third-order valence-electron chi connectivity index (χ3n) is 4.13. The minimum Gasteiger partial charge on any atom is -0.337 e. The summed E-state index contributed by atoms with van der Waals surface area (Å²) in [6.07, 6.45) is 3.90. The van der Waals surface area contributed by atoms with E-state index in [1.165, 1.54) is 0 Å². The van der Waals surface area contributed by atoms with E-state index in [9.17, 15) is 4.79 Å². The molecular formula is C17H16N4O2S. The van der Waals surface area contributed by atoms with Crippen molar-refractivity contribution in [3.8, 4) is 11.5 Å². The molecule has 4 rings (SSSR count). The molecule has 1 unspecified atom stereocenters. The molecule has 0 bridgehead atoms. The zero-order chi connectivity index (χ0) is 16.4. The standard InChI is InChI=1S/C17H16N4O2S/c22-15(10-12-6-9-24-11-12)21-8-3-5-14(21)17-19-16(20-23-17)13-4-1-2-7-18-13/h1-2,4,6-7,9,11,14H,3,5,8,10H2. The van der Waals surface area contributed by atoms with Crippen LogP contribution in [0.15, 0.2) is 45.7 Å². The van der Waals surface area contributed by atoms with Gasteiger partial charge < -0.3 is 9.42 Å². The van der Waals surface area contributed by atoms with Gasteiger partial charge in [-0.3, -0.25) is 9.78 Å². The molecule has 1 aliphatic rings. The van der Waals surface area contributed by atoms with Crippen LogP contribution in [0.4, 0.5) is 0 Å². The highest BCUT2D eigenvalue weighted by molar-refractivity contribution is 7.08. The Hall–Kier alpha value is -2.54. The molecule has 1 aliphatic heterocycles. The average molecular weight is 340 g/mol. The molecule has 3 aromatic rings. The van der Waals surface area contributed by atoms with Crippen molar-refractivity contribution in [2.75, 3.05) is 6.54 Å². The van der Waals surface area contributed by atoms with E-state index in [4.69, 9.17) is 4.52 Å². The second kappa shape index (κ2) is 6.52. The van der Waals surface area contributed by atoms with Crippen LogP contribution in [0.3, 0.4) is 0 Å². The molecule has 0 radical (unpaired) electrons. The van der Waals surface area contributed by atoms with Crippen molar-refractivity contribution in [2.45, 2.75) is 25.3 Å². The molecule has 1 saturated heterocycles. The molecule has 1 atom stereocenters. The summed E-state index contributed by atoms with van der Waals surface area (Å²) in [4.78, 5) is 23.1. The van der Waals surface area contributed by atoms with Crippen molar-refractivity contribution >= 4 is 17.2 Å². The van der Waals surface area contributed by atoms with E-state index in [1.54, 1.807) is 17.5 Å².